The molecule has 13 heteroatoms. The summed E-state index contributed by atoms with van der Waals surface area (Å²) in [6, 6.07) is 7.34. The van der Waals surface area contributed by atoms with E-state index in [-0.39, 0.29) is 35.6 Å². The quantitative estimate of drug-likeness (QED) is 0.379. The van der Waals surface area contributed by atoms with Gasteiger partial charge in [0.05, 0.1) is 23.8 Å². The van der Waals surface area contributed by atoms with Gasteiger partial charge >= 0.3 is 12.1 Å². The summed E-state index contributed by atoms with van der Waals surface area (Å²) in [5, 5.41) is 19.3. The number of aromatic nitrogens is 2. The van der Waals surface area contributed by atoms with Crippen LogP contribution in [0.2, 0.25) is 0 Å². The van der Waals surface area contributed by atoms with Crippen LogP contribution in [0.1, 0.15) is 43.9 Å². The van der Waals surface area contributed by atoms with Gasteiger partial charge < -0.3 is 21.5 Å². The number of halogens is 3. The van der Waals surface area contributed by atoms with Crippen molar-refractivity contribution in [1.82, 2.24) is 20.4 Å². The fourth-order valence-corrected chi connectivity index (χ4v) is 3.72. The van der Waals surface area contributed by atoms with E-state index in [0.29, 0.717) is 10.9 Å². The molecule has 1 unspecified atom stereocenters. The highest BCUT2D eigenvalue weighted by Crippen LogP contribution is 2.30. The average Bonchev–Trinajstić information content (AvgIpc) is 3.42. The molecular weight excluding hydrogens is 475 g/mol. The Balaban J connectivity index is 1.86. The third kappa shape index (κ3) is 5.80. The molecule has 0 aliphatic rings. The Kier molecular flexibility index (Phi) is 7.37. The lowest BCUT2D eigenvalue weighted by atomic mass is 10.1. The number of carboxylic acids is 1. The molecule has 2 amide bonds. The lowest BCUT2D eigenvalue weighted by Crippen LogP contribution is -2.37. The molecule has 3 aromatic rings. The molecule has 34 heavy (non-hydrogen) atoms. The lowest BCUT2D eigenvalue weighted by Gasteiger charge is -2.09. The first kappa shape index (κ1) is 24.9. The molecular formula is C21H20F3N5O4S. The molecule has 0 aliphatic heterocycles. The number of carbonyl (C=O) groups is 3. The SMILES string of the molecule is CC(N)C(=O)NCc1cc(-n2nc(C(F)(F)F)cc2C(=O)NCc2ccccc2C(=O)O)cs1. The molecule has 2 heterocycles. The number of hydrogen-bond acceptors (Lipinski definition) is 6. The summed E-state index contributed by atoms with van der Waals surface area (Å²) in [5.41, 5.74) is 4.28. The Hall–Kier alpha value is -3.71. The maximum atomic E-state index is 13.3. The van der Waals surface area contributed by atoms with Crippen molar-refractivity contribution in [3.63, 3.8) is 0 Å². The molecule has 1 aromatic carbocycles. The summed E-state index contributed by atoms with van der Waals surface area (Å²) in [6.45, 7) is 1.40. The Bertz CT molecular complexity index is 1220. The van der Waals surface area contributed by atoms with Gasteiger partial charge in [0.15, 0.2) is 5.69 Å². The molecule has 9 nitrogen and oxygen atoms in total. The van der Waals surface area contributed by atoms with Crippen molar-refractivity contribution in [2.45, 2.75) is 32.2 Å². The lowest BCUT2D eigenvalue weighted by molar-refractivity contribution is -0.141. The van der Waals surface area contributed by atoms with Gasteiger partial charge in [-0.15, -0.1) is 11.3 Å². The van der Waals surface area contributed by atoms with Crippen molar-refractivity contribution < 1.29 is 32.7 Å². The molecule has 0 aliphatic carbocycles. The number of nitrogens with two attached hydrogens (primary N) is 1. The standard InChI is InChI=1S/C21H20F3N5O4S/c1-11(25)18(30)27-9-14-6-13(10-34-14)29-16(7-17(28-29)21(22,23)24)19(31)26-8-12-4-2-3-5-15(12)20(32)33/h2-7,10-11H,8-9,25H2,1H3,(H,26,31)(H,27,30)(H,32,33). The van der Waals surface area contributed by atoms with Gasteiger partial charge in [0.2, 0.25) is 5.91 Å². The zero-order chi connectivity index (χ0) is 25.0. The van der Waals surface area contributed by atoms with Crippen molar-refractivity contribution >= 4 is 29.1 Å². The maximum absolute atomic E-state index is 13.3. The summed E-state index contributed by atoms with van der Waals surface area (Å²) in [4.78, 5) is 36.4. The van der Waals surface area contributed by atoms with E-state index < -0.39 is 35.7 Å². The predicted molar refractivity (Wildman–Crippen MR) is 117 cm³/mol. The fraction of sp³-hybridized carbons (Fsp3) is 0.238. The highest BCUT2D eigenvalue weighted by molar-refractivity contribution is 7.10. The van der Waals surface area contributed by atoms with Crippen LogP contribution >= 0.6 is 11.3 Å². The van der Waals surface area contributed by atoms with Crippen LogP contribution in [0.4, 0.5) is 13.2 Å². The Labute approximate surface area is 195 Å². The number of alkyl halides is 3. The van der Waals surface area contributed by atoms with Crippen molar-refractivity contribution in [3.05, 3.63) is 69.2 Å². The van der Waals surface area contributed by atoms with E-state index in [1.165, 1.54) is 36.6 Å². The number of amides is 2. The summed E-state index contributed by atoms with van der Waals surface area (Å²) < 4.78 is 40.8. The van der Waals surface area contributed by atoms with Gasteiger partial charge in [-0.1, -0.05) is 18.2 Å². The molecule has 0 bridgehead atoms. The van der Waals surface area contributed by atoms with Crippen molar-refractivity contribution in [1.29, 1.82) is 0 Å². The number of rotatable bonds is 8. The molecule has 1 atom stereocenters. The Morgan fingerprint density at radius 1 is 1.18 bits per heavy atom. The molecule has 2 aromatic heterocycles. The Morgan fingerprint density at radius 3 is 2.53 bits per heavy atom. The van der Waals surface area contributed by atoms with E-state index in [2.05, 4.69) is 15.7 Å². The second kappa shape index (κ2) is 10.1. The largest absolute Gasteiger partial charge is 0.478 e. The van der Waals surface area contributed by atoms with Gasteiger partial charge in [-0.2, -0.15) is 18.3 Å². The van der Waals surface area contributed by atoms with Crippen LogP contribution in [0.25, 0.3) is 5.69 Å². The summed E-state index contributed by atoms with van der Waals surface area (Å²) >= 11 is 1.16. The molecule has 180 valence electrons. The van der Waals surface area contributed by atoms with Gasteiger partial charge in [-0.3, -0.25) is 9.59 Å². The summed E-state index contributed by atoms with van der Waals surface area (Å²) in [5.74, 6) is -2.47. The predicted octanol–water partition coefficient (Wildman–Crippen LogP) is 2.54. The number of thiophene rings is 1. The number of hydrogen-bond donors (Lipinski definition) is 4. The number of carboxylic acid groups (broad SMARTS) is 1. The number of aromatic carboxylic acids is 1. The number of nitrogens with one attached hydrogen (secondary N) is 2. The normalized spacial score (nSPS) is 12.3. The van der Waals surface area contributed by atoms with E-state index in [0.717, 1.165) is 16.0 Å². The van der Waals surface area contributed by atoms with Crippen LogP contribution in [0.15, 0.2) is 41.8 Å². The molecule has 0 saturated carbocycles. The highest BCUT2D eigenvalue weighted by atomic mass is 32.1. The summed E-state index contributed by atoms with van der Waals surface area (Å²) in [7, 11) is 0. The molecule has 0 spiro atoms. The van der Waals surface area contributed by atoms with E-state index >= 15 is 0 Å². The van der Waals surface area contributed by atoms with Gasteiger partial charge in [-0.05, 0) is 24.6 Å². The van der Waals surface area contributed by atoms with Crippen LogP contribution in [0, 0.1) is 0 Å². The second-order valence-electron chi connectivity index (χ2n) is 7.25. The van der Waals surface area contributed by atoms with Crippen molar-refractivity contribution in [2.24, 2.45) is 5.73 Å². The molecule has 0 radical (unpaired) electrons. The van der Waals surface area contributed by atoms with Crippen LogP contribution < -0.4 is 16.4 Å². The van der Waals surface area contributed by atoms with Crippen LogP contribution in [0.3, 0.4) is 0 Å². The van der Waals surface area contributed by atoms with E-state index in [9.17, 15) is 32.7 Å². The fourth-order valence-electron chi connectivity index (χ4n) is 2.94. The molecule has 0 fully saturated rings. The first-order valence-corrected chi connectivity index (χ1v) is 10.7. The number of carbonyl (C=O) groups excluding carboxylic acids is 2. The topological polar surface area (TPSA) is 139 Å². The van der Waals surface area contributed by atoms with Crippen molar-refractivity contribution in [2.75, 3.05) is 0 Å². The monoisotopic (exact) mass is 495 g/mol. The van der Waals surface area contributed by atoms with Gasteiger partial charge in [0.25, 0.3) is 5.91 Å². The molecule has 5 N–H and O–H groups in total. The average molecular weight is 495 g/mol. The van der Waals surface area contributed by atoms with E-state index in [1.807, 2.05) is 0 Å². The number of nitrogens with zero attached hydrogens (tertiary/aromatic N) is 2. The zero-order valence-electron chi connectivity index (χ0n) is 17.7. The highest BCUT2D eigenvalue weighted by Gasteiger charge is 2.36. The third-order valence-electron chi connectivity index (χ3n) is 4.65. The van der Waals surface area contributed by atoms with Crippen LogP contribution in [-0.2, 0) is 24.1 Å². The maximum Gasteiger partial charge on any atom is 0.435 e. The first-order valence-electron chi connectivity index (χ1n) is 9.85. The van der Waals surface area contributed by atoms with Gasteiger partial charge in [0.1, 0.15) is 5.69 Å². The van der Waals surface area contributed by atoms with E-state index in [4.69, 9.17) is 5.73 Å². The minimum atomic E-state index is -4.79. The molecule has 0 saturated heterocycles. The van der Waals surface area contributed by atoms with Crippen LogP contribution in [-0.4, -0.2) is 38.7 Å². The number of benzene rings is 1. The smallest absolute Gasteiger partial charge is 0.435 e. The minimum absolute atomic E-state index is 0.0383. The van der Waals surface area contributed by atoms with Crippen LogP contribution in [0.5, 0.6) is 0 Å². The minimum Gasteiger partial charge on any atom is -0.478 e. The van der Waals surface area contributed by atoms with Gasteiger partial charge in [0, 0.05) is 22.9 Å². The summed E-state index contributed by atoms with van der Waals surface area (Å²) in [6.07, 6.45) is -4.79. The Morgan fingerprint density at radius 2 is 1.88 bits per heavy atom. The second-order valence-corrected chi connectivity index (χ2v) is 8.24. The third-order valence-corrected chi connectivity index (χ3v) is 5.58. The zero-order valence-corrected chi connectivity index (χ0v) is 18.5. The van der Waals surface area contributed by atoms with Crippen molar-refractivity contribution in [3.8, 4) is 5.69 Å². The van der Waals surface area contributed by atoms with E-state index in [1.54, 1.807) is 6.07 Å². The van der Waals surface area contributed by atoms with Gasteiger partial charge in [-0.25, -0.2) is 9.48 Å². The first-order chi connectivity index (χ1) is 16.0. The molecule has 3 rings (SSSR count).